The van der Waals surface area contributed by atoms with Crippen LogP contribution < -0.4 is 4.90 Å². The molecule has 0 atom stereocenters. The summed E-state index contributed by atoms with van der Waals surface area (Å²) < 4.78 is 26.2. The van der Waals surface area contributed by atoms with Crippen LogP contribution in [0.2, 0.25) is 0 Å². The Labute approximate surface area is 102 Å². The molecule has 2 aromatic rings. The third kappa shape index (κ3) is 2.45. The number of rotatable bonds is 2. The predicted octanol–water partition coefficient (Wildman–Crippen LogP) is 3.78. The van der Waals surface area contributed by atoms with E-state index >= 15 is 0 Å². The Morgan fingerprint density at radius 2 is 1.50 bits per heavy atom. The summed E-state index contributed by atoms with van der Waals surface area (Å²) in [5.41, 5.74) is 0.237. The van der Waals surface area contributed by atoms with Crippen molar-refractivity contribution in [3.8, 4) is 0 Å². The molecule has 0 aliphatic rings. The monoisotopic (exact) mass is 249 g/mol. The van der Waals surface area contributed by atoms with Crippen LogP contribution in [0.4, 0.5) is 25.0 Å². The number of anilines is 2. The van der Waals surface area contributed by atoms with Gasteiger partial charge in [-0.05, 0) is 24.3 Å². The molecule has 0 saturated carbocycles. The molecule has 0 aliphatic carbocycles. The predicted molar refractivity (Wildman–Crippen MR) is 63.0 cm³/mol. The molecular formula is C13H9F2NO2. The van der Waals surface area contributed by atoms with Gasteiger partial charge in [0, 0.05) is 6.07 Å². The van der Waals surface area contributed by atoms with Crippen molar-refractivity contribution in [1.29, 1.82) is 0 Å². The molecule has 1 amide bonds. The van der Waals surface area contributed by atoms with Gasteiger partial charge >= 0.3 is 6.09 Å². The van der Waals surface area contributed by atoms with Crippen molar-refractivity contribution in [2.45, 2.75) is 0 Å². The zero-order valence-electron chi connectivity index (χ0n) is 9.18. The zero-order chi connectivity index (χ0) is 13.1. The van der Waals surface area contributed by atoms with Gasteiger partial charge in [0.15, 0.2) is 0 Å². The van der Waals surface area contributed by atoms with Crippen LogP contribution in [0.25, 0.3) is 0 Å². The Hall–Kier alpha value is -2.43. The van der Waals surface area contributed by atoms with Gasteiger partial charge in [-0.3, -0.25) is 0 Å². The fourth-order valence-corrected chi connectivity index (χ4v) is 1.62. The summed E-state index contributed by atoms with van der Waals surface area (Å²) in [5, 5.41) is 9.14. The lowest BCUT2D eigenvalue weighted by Gasteiger charge is -2.19. The van der Waals surface area contributed by atoms with E-state index in [-0.39, 0.29) is 5.69 Å². The van der Waals surface area contributed by atoms with E-state index in [0.717, 1.165) is 17.0 Å². The summed E-state index contributed by atoms with van der Waals surface area (Å²) >= 11 is 0. The molecule has 0 spiro atoms. The van der Waals surface area contributed by atoms with Gasteiger partial charge in [0.05, 0.1) is 11.4 Å². The van der Waals surface area contributed by atoms with Gasteiger partial charge in [-0.15, -0.1) is 0 Å². The van der Waals surface area contributed by atoms with Gasteiger partial charge in [-0.1, -0.05) is 18.2 Å². The molecule has 0 fully saturated rings. The largest absolute Gasteiger partial charge is 0.464 e. The van der Waals surface area contributed by atoms with Crippen LogP contribution in [-0.4, -0.2) is 11.2 Å². The Morgan fingerprint density at radius 3 is 2.00 bits per heavy atom. The molecular weight excluding hydrogens is 240 g/mol. The van der Waals surface area contributed by atoms with E-state index in [1.54, 1.807) is 18.2 Å². The first-order chi connectivity index (χ1) is 8.58. The minimum absolute atomic E-state index is 0.0776. The lowest BCUT2D eigenvalue weighted by molar-refractivity contribution is 0.205. The lowest BCUT2D eigenvalue weighted by atomic mass is 10.2. The second kappa shape index (κ2) is 4.83. The number of nitrogens with zero attached hydrogens (tertiary/aromatic N) is 1. The molecule has 0 bridgehead atoms. The van der Waals surface area contributed by atoms with Crippen LogP contribution in [0.3, 0.4) is 0 Å². The highest BCUT2D eigenvalue weighted by Crippen LogP contribution is 2.26. The van der Waals surface area contributed by atoms with E-state index in [1.807, 2.05) is 0 Å². The van der Waals surface area contributed by atoms with E-state index in [4.69, 9.17) is 5.11 Å². The maximum atomic E-state index is 13.1. The normalized spacial score (nSPS) is 10.1. The maximum Gasteiger partial charge on any atom is 0.416 e. The smallest absolute Gasteiger partial charge is 0.416 e. The second-order valence-corrected chi connectivity index (χ2v) is 3.58. The SMILES string of the molecule is O=C(O)N(c1ccccc1)c1cc(F)cc(F)c1. The highest BCUT2D eigenvalue weighted by Gasteiger charge is 2.18. The van der Waals surface area contributed by atoms with Crippen molar-refractivity contribution < 1.29 is 18.7 Å². The third-order valence-corrected chi connectivity index (χ3v) is 2.31. The number of benzene rings is 2. The van der Waals surface area contributed by atoms with Crippen LogP contribution in [0.1, 0.15) is 0 Å². The lowest BCUT2D eigenvalue weighted by Crippen LogP contribution is -2.23. The van der Waals surface area contributed by atoms with E-state index in [9.17, 15) is 13.6 Å². The molecule has 1 N–H and O–H groups in total. The highest BCUT2D eigenvalue weighted by molar-refractivity contribution is 5.94. The van der Waals surface area contributed by atoms with E-state index in [1.165, 1.54) is 12.1 Å². The van der Waals surface area contributed by atoms with Crippen LogP contribution in [0.5, 0.6) is 0 Å². The standard InChI is InChI=1S/C13H9F2NO2/c14-9-6-10(15)8-12(7-9)16(13(17)18)11-4-2-1-3-5-11/h1-8H,(H,17,18). The van der Waals surface area contributed by atoms with Gasteiger partial charge in [0.1, 0.15) is 11.6 Å². The minimum atomic E-state index is -1.31. The molecule has 0 aliphatic heterocycles. The summed E-state index contributed by atoms with van der Waals surface area (Å²) in [6.45, 7) is 0. The zero-order valence-corrected chi connectivity index (χ0v) is 9.18. The maximum absolute atomic E-state index is 13.1. The van der Waals surface area contributed by atoms with Crippen LogP contribution in [-0.2, 0) is 0 Å². The molecule has 18 heavy (non-hydrogen) atoms. The molecule has 0 radical (unpaired) electrons. The summed E-state index contributed by atoms with van der Waals surface area (Å²) in [4.78, 5) is 12.0. The number of hydrogen-bond acceptors (Lipinski definition) is 1. The molecule has 0 unspecified atom stereocenters. The Balaban J connectivity index is 2.52. The Morgan fingerprint density at radius 1 is 0.944 bits per heavy atom. The summed E-state index contributed by atoms with van der Waals surface area (Å²) in [6, 6.07) is 10.7. The fraction of sp³-hybridized carbons (Fsp3) is 0. The van der Waals surface area contributed by atoms with Gasteiger partial charge in [0.2, 0.25) is 0 Å². The summed E-state index contributed by atoms with van der Waals surface area (Å²) in [6.07, 6.45) is -1.31. The topological polar surface area (TPSA) is 40.5 Å². The first-order valence-electron chi connectivity index (χ1n) is 5.12. The number of amides is 1. The van der Waals surface area contributed by atoms with Crippen molar-refractivity contribution in [2.75, 3.05) is 4.90 Å². The molecule has 0 heterocycles. The number of halogens is 2. The number of hydrogen-bond donors (Lipinski definition) is 1. The second-order valence-electron chi connectivity index (χ2n) is 3.58. The molecule has 92 valence electrons. The van der Waals surface area contributed by atoms with Gasteiger partial charge in [0.25, 0.3) is 0 Å². The Bertz CT molecular complexity index is 552. The van der Waals surface area contributed by atoms with Gasteiger partial charge < -0.3 is 5.11 Å². The molecule has 2 rings (SSSR count). The van der Waals surface area contributed by atoms with Crippen molar-refractivity contribution in [3.05, 3.63) is 60.2 Å². The molecule has 0 aromatic heterocycles. The van der Waals surface area contributed by atoms with E-state index < -0.39 is 17.7 Å². The molecule has 5 heteroatoms. The van der Waals surface area contributed by atoms with Crippen LogP contribution in [0.15, 0.2) is 48.5 Å². The number of carboxylic acid groups (broad SMARTS) is 1. The highest BCUT2D eigenvalue weighted by atomic mass is 19.1. The first kappa shape index (κ1) is 12.0. The van der Waals surface area contributed by atoms with Crippen molar-refractivity contribution in [3.63, 3.8) is 0 Å². The Kier molecular flexibility index (Phi) is 3.23. The first-order valence-corrected chi connectivity index (χ1v) is 5.12. The summed E-state index contributed by atoms with van der Waals surface area (Å²) in [7, 11) is 0. The average Bonchev–Trinajstić information content (AvgIpc) is 2.28. The van der Waals surface area contributed by atoms with Gasteiger partial charge in [-0.2, -0.15) is 0 Å². The number of carbonyl (C=O) groups is 1. The van der Waals surface area contributed by atoms with Crippen molar-refractivity contribution >= 4 is 17.5 Å². The van der Waals surface area contributed by atoms with Crippen molar-refractivity contribution in [2.24, 2.45) is 0 Å². The quantitative estimate of drug-likeness (QED) is 0.879. The van der Waals surface area contributed by atoms with E-state index in [2.05, 4.69) is 0 Å². The summed E-state index contributed by atoms with van der Waals surface area (Å²) in [5.74, 6) is -1.65. The third-order valence-electron chi connectivity index (χ3n) is 2.31. The van der Waals surface area contributed by atoms with Crippen molar-refractivity contribution in [1.82, 2.24) is 0 Å². The molecule has 2 aromatic carbocycles. The van der Waals surface area contributed by atoms with E-state index in [0.29, 0.717) is 11.8 Å². The van der Waals surface area contributed by atoms with Crippen LogP contribution >= 0.6 is 0 Å². The minimum Gasteiger partial charge on any atom is -0.464 e. The molecule has 3 nitrogen and oxygen atoms in total. The average molecular weight is 249 g/mol. The van der Waals surface area contributed by atoms with Crippen LogP contribution in [0, 0.1) is 11.6 Å². The number of para-hydroxylation sites is 1. The molecule has 0 saturated heterocycles. The van der Waals surface area contributed by atoms with Gasteiger partial charge in [-0.25, -0.2) is 18.5 Å². The fourth-order valence-electron chi connectivity index (χ4n) is 1.62.